The average molecular weight is 239 g/mol. The van der Waals surface area contributed by atoms with Crippen molar-refractivity contribution in [2.24, 2.45) is 0 Å². The predicted octanol–water partition coefficient (Wildman–Crippen LogP) is 1.73. The molecule has 2 rings (SSSR count). The minimum Gasteiger partial charge on any atom is -0.481 e. The Hall–Kier alpha value is -1.37. The fraction of sp³-hybridized carbons (Fsp3) is 0.333. The summed E-state index contributed by atoms with van der Waals surface area (Å²) in [7, 11) is 0. The molecule has 1 aliphatic rings. The van der Waals surface area contributed by atoms with E-state index in [1.807, 2.05) is 0 Å². The van der Waals surface area contributed by atoms with Gasteiger partial charge in [-0.2, -0.15) is 8.78 Å². The number of ether oxygens (including phenoxy) is 1. The summed E-state index contributed by atoms with van der Waals surface area (Å²) in [5.41, 5.74) is 0. The molecular weight excluding hydrogens is 233 g/mol. The van der Waals surface area contributed by atoms with Crippen molar-refractivity contribution in [1.29, 1.82) is 0 Å². The van der Waals surface area contributed by atoms with Crippen LogP contribution in [0.15, 0.2) is 0 Å². The summed E-state index contributed by atoms with van der Waals surface area (Å²) in [5.74, 6) is -11.3. The summed E-state index contributed by atoms with van der Waals surface area (Å²) < 4.78 is 68.9. The minimum absolute atomic E-state index is 0.305. The second-order valence-corrected chi connectivity index (χ2v) is 3.30. The van der Waals surface area contributed by atoms with Crippen LogP contribution in [0.25, 0.3) is 0 Å². The Morgan fingerprint density at radius 2 is 1.25 bits per heavy atom. The summed E-state index contributed by atoms with van der Waals surface area (Å²) in [6, 6.07) is 0. The number of halogens is 5. The van der Waals surface area contributed by atoms with Crippen molar-refractivity contribution in [1.82, 2.24) is 5.32 Å². The Morgan fingerprint density at radius 3 is 1.62 bits per heavy atom. The van der Waals surface area contributed by atoms with E-state index in [0.717, 1.165) is 0 Å². The van der Waals surface area contributed by atoms with Crippen LogP contribution in [-0.2, 0) is 0 Å². The Bertz CT molecular complexity index is 403. The van der Waals surface area contributed by atoms with Crippen molar-refractivity contribution >= 4 is 0 Å². The highest BCUT2D eigenvalue weighted by Crippen LogP contribution is 2.30. The average Bonchev–Trinajstić information content (AvgIpc) is 2.21. The van der Waals surface area contributed by atoms with E-state index < -0.39 is 40.9 Å². The largest absolute Gasteiger partial charge is 0.481 e. The minimum atomic E-state index is -2.19. The van der Waals surface area contributed by atoms with Crippen molar-refractivity contribution in [3.05, 3.63) is 29.1 Å². The van der Waals surface area contributed by atoms with Gasteiger partial charge < -0.3 is 10.1 Å². The lowest BCUT2D eigenvalue weighted by Gasteiger charge is -2.28. The summed E-state index contributed by atoms with van der Waals surface area (Å²) in [6.45, 7) is 0.610. The fourth-order valence-electron chi connectivity index (χ4n) is 1.20. The number of rotatable bonds is 2. The molecule has 1 fully saturated rings. The van der Waals surface area contributed by atoms with Crippen molar-refractivity contribution in [2.45, 2.75) is 6.10 Å². The molecule has 0 aliphatic carbocycles. The van der Waals surface area contributed by atoms with Crippen LogP contribution in [0.4, 0.5) is 22.0 Å². The van der Waals surface area contributed by atoms with E-state index in [0.29, 0.717) is 13.1 Å². The maximum atomic E-state index is 13.1. The Balaban J connectivity index is 2.42. The lowest BCUT2D eigenvalue weighted by molar-refractivity contribution is 0.125. The van der Waals surface area contributed by atoms with Crippen molar-refractivity contribution < 1.29 is 26.7 Å². The molecule has 16 heavy (non-hydrogen) atoms. The third-order valence-electron chi connectivity index (χ3n) is 2.20. The molecule has 0 amide bonds. The molecule has 1 aliphatic heterocycles. The molecule has 0 saturated carbocycles. The quantitative estimate of drug-likeness (QED) is 0.482. The van der Waals surface area contributed by atoms with Crippen LogP contribution < -0.4 is 10.1 Å². The Morgan fingerprint density at radius 1 is 0.812 bits per heavy atom. The fourth-order valence-corrected chi connectivity index (χ4v) is 1.20. The predicted molar refractivity (Wildman–Crippen MR) is 43.5 cm³/mol. The van der Waals surface area contributed by atoms with Gasteiger partial charge in [0, 0.05) is 13.1 Å². The molecule has 7 heteroatoms. The Kier molecular flexibility index (Phi) is 2.71. The third kappa shape index (κ3) is 1.60. The summed E-state index contributed by atoms with van der Waals surface area (Å²) in [6.07, 6.45) is -0.576. The monoisotopic (exact) mass is 239 g/mol. The molecule has 0 spiro atoms. The van der Waals surface area contributed by atoms with Gasteiger partial charge in [-0.1, -0.05) is 0 Å². The third-order valence-corrected chi connectivity index (χ3v) is 2.20. The van der Waals surface area contributed by atoms with Crippen LogP contribution >= 0.6 is 0 Å². The topological polar surface area (TPSA) is 21.3 Å². The smallest absolute Gasteiger partial charge is 0.207 e. The zero-order valence-electron chi connectivity index (χ0n) is 7.79. The molecule has 0 bridgehead atoms. The normalized spacial score (nSPS) is 16.1. The van der Waals surface area contributed by atoms with E-state index >= 15 is 0 Å². The molecule has 0 atom stereocenters. The maximum absolute atomic E-state index is 13.1. The van der Waals surface area contributed by atoms with Crippen LogP contribution in [0, 0.1) is 29.1 Å². The molecule has 0 radical (unpaired) electrons. The van der Waals surface area contributed by atoms with Crippen LogP contribution in [0.3, 0.4) is 0 Å². The SMILES string of the molecule is Fc1c(F)c(F)c(OC2CNC2)c(F)c1F. The standard InChI is InChI=1S/C9H6F5NO/c10-4-5(11)7(13)9(8(14)6(4)12)16-3-1-15-2-3/h3,15H,1-2H2. The summed E-state index contributed by atoms with van der Waals surface area (Å²) >= 11 is 0. The first-order valence-electron chi connectivity index (χ1n) is 4.41. The highest BCUT2D eigenvalue weighted by molar-refractivity contribution is 5.30. The molecule has 0 unspecified atom stereocenters. The van der Waals surface area contributed by atoms with Gasteiger partial charge >= 0.3 is 0 Å². The maximum Gasteiger partial charge on any atom is 0.207 e. The van der Waals surface area contributed by atoms with E-state index in [9.17, 15) is 22.0 Å². The van der Waals surface area contributed by atoms with Gasteiger partial charge in [0.1, 0.15) is 6.10 Å². The van der Waals surface area contributed by atoms with Crippen LogP contribution in [0.1, 0.15) is 0 Å². The van der Waals surface area contributed by atoms with E-state index in [1.165, 1.54) is 0 Å². The summed E-state index contributed by atoms with van der Waals surface area (Å²) in [5, 5.41) is 2.73. The zero-order chi connectivity index (χ0) is 11.9. The summed E-state index contributed by atoms with van der Waals surface area (Å²) in [4.78, 5) is 0. The number of hydrogen-bond acceptors (Lipinski definition) is 2. The first-order chi connectivity index (χ1) is 7.52. The van der Waals surface area contributed by atoms with E-state index in [4.69, 9.17) is 0 Å². The molecule has 88 valence electrons. The highest BCUT2D eigenvalue weighted by atomic mass is 19.2. The number of benzene rings is 1. The van der Waals surface area contributed by atoms with Crippen LogP contribution in [-0.4, -0.2) is 19.2 Å². The van der Waals surface area contributed by atoms with Gasteiger partial charge in [0.25, 0.3) is 0 Å². The van der Waals surface area contributed by atoms with Crippen molar-refractivity contribution in [3.8, 4) is 5.75 Å². The van der Waals surface area contributed by atoms with Crippen LogP contribution in [0.2, 0.25) is 0 Å². The van der Waals surface area contributed by atoms with Crippen molar-refractivity contribution in [3.63, 3.8) is 0 Å². The van der Waals surface area contributed by atoms with Gasteiger partial charge in [-0.3, -0.25) is 0 Å². The highest BCUT2D eigenvalue weighted by Gasteiger charge is 2.30. The van der Waals surface area contributed by atoms with Gasteiger partial charge in [-0.05, 0) is 0 Å². The first-order valence-corrected chi connectivity index (χ1v) is 4.41. The van der Waals surface area contributed by atoms with Gasteiger partial charge in [0.2, 0.25) is 29.1 Å². The number of nitrogens with one attached hydrogen (secondary N) is 1. The van der Waals surface area contributed by atoms with Gasteiger partial charge in [-0.15, -0.1) is 0 Å². The number of hydrogen-bond donors (Lipinski definition) is 1. The molecule has 1 heterocycles. The molecule has 1 aromatic carbocycles. The van der Waals surface area contributed by atoms with Crippen LogP contribution in [0.5, 0.6) is 5.75 Å². The van der Waals surface area contributed by atoms with Gasteiger partial charge in [0.05, 0.1) is 0 Å². The lowest BCUT2D eigenvalue weighted by atomic mass is 10.2. The Labute approximate surface area is 87.0 Å². The molecule has 1 aromatic rings. The van der Waals surface area contributed by atoms with Crippen molar-refractivity contribution in [2.75, 3.05) is 13.1 Å². The molecule has 0 aromatic heterocycles. The zero-order valence-corrected chi connectivity index (χ0v) is 7.79. The molecule has 1 saturated heterocycles. The van der Waals surface area contributed by atoms with E-state index in [2.05, 4.69) is 10.1 Å². The molecular formula is C9H6F5NO. The second kappa shape index (κ2) is 3.89. The molecule has 2 nitrogen and oxygen atoms in total. The van der Waals surface area contributed by atoms with E-state index in [1.54, 1.807) is 0 Å². The second-order valence-electron chi connectivity index (χ2n) is 3.30. The van der Waals surface area contributed by atoms with Gasteiger partial charge in [-0.25, -0.2) is 13.2 Å². The van der Waals surface area contributed by atoms with E-state index in [-0.39, 0.29) is 0 Å². The van der Waals surface area contributed by atoms with Gasteiger partial charge in [0.15, 0.2) is 5.75 Å². The molecule has 1 N–H and O–H groups in total. The first kappa shape index (κ1) is 11.1. The lowest BCUT2D eigenvalue weighted by Crippen LogP contribution is -2.50.